The molecule has 2 amide bonds. The first-order chi connectivity index (χ1) is 18.8. The molecular formula is C29H31N5O4S. The Balaban J connectivity index is 1.60. The molecule has 1 aromatic heterocycles. The lowest BCUT2D eigenvalue weighted by molar-refractivity contribution is -0.113. The maximum atomic E-state index is 12.8. The van der Waals surface area contributed by atoms with Crippen molar-refractivity contribution in [3.63, 3.8) is 0 Å². The van der Waals surface area contributed by atoms with Crippen molar-refractivity contribution in [3.05, 3.63) is 88.7 Å². The summed E-state index contributed by atoms with van der Waals surface area (Å²) in [6.45, 7) is 5.97. The van der Waals surface area contributed by atoms with Crippen molar-refractivity contribution < 1.29 is 19.1 Å². The van der Waals surface area contributed by atoms with E-state index >= 15 is 0 Å². The molecule has 9 nitrogen and oxygen atoms in total. The van der Waals surface area contributed by atoms with Gasteiger partial charge in [-0.25, -0.2) is 0 Å². The number of hydrogen-bond acceptors (Lipinski definition) is 7. The largest absolute Gasteiger partial charge is 0.497 e. The van der Waals surface area contributed by atoms with Gasteiger partial charge in [-0.05, 0) is 62.2 Å². The zero-order chi connectivity index (χ0) is 27.9. The number of aromatic nitrogens is 3. The minimum atomic E-state index is -0.229. The number of carbonyl (C=O) groups is 2. The average Bonchev–Trinajstić information content (AvgIpc) is 3.34. The van der Waals surface area contributed by atoms with Crippen molar-refractivity contribution in [2.75, 3.05) is 25.3 Å². The van der Waals surface area contributed by atoms with Crippen molar-refractivity contribution in [2.24, 2.45) is 0 Å². The van der Waals surface area contributed by atoms with E-state index in [9.17, 15) is 9.59 Å². The Morgan fingerprint density at radius 2 is 1.72 bits per heavy atom. The predicted molar refractivity (Wildman–Crippen MR) is 152 cm³/mol. The summed E-state index contributed by atoms with van der Waals surface area (Å²) in [6, 6.07) is 18.6. The summed E-state index contributed by atoms with van der Waals surface area (Å²) in [7, 11) is 3.15. The van der Waals surface area contributed by atoms with Crippen LogP contribution in [0.2, 0.25) is 0 Å². The third-order valence-corrected chi connectivity index (χ3v) is 6.94. The number of nitrogens with one attached hydrogen (secondary N) is 2. The van der Waals surface area contributed by atoms with Gasteiger partial charge in [-0.2, -0.15) is 0 Å². The van der Waals surface area contributed by atoms with Gasteiger partial charge in [0.15, 0.2) is 11.0 Å². The summed E-state index contributed by atoms with van der Waals surface area (Å²) in [4.78, 5) is 25.7. The highest BCUT2D eigenvalue weighted by Gasteiger charge is 2.20. The minimum absolute atomic E-state index is 0.105. The molecule has 0 atom stereocenters. The third kappa shape index (κ3) is 6.77. The molecule has 0 saturated heterocycles. The van der Waals surface area contributed by atoms with E-state index in [0.29, 0.717) is 33.7 Å². The van der Waals surface area contributed by atoms with Crippen molar-refractivity contribution in [1.82, 2.24) is 20.1 Å². The molecule has 10 heteroatoms. The summed E-state index contributed by atoms with van der Waals surface area (Å²) >= 11 is 1.23. The first kappa shape index (κ1) is 27.7. The Bertz CT molecular complexity index is 1500. The molecule has 4 rings (SSSR count). The van der Waals surface area contributed by atoms with Crippen LogP contribution in [0.4, 0.5) is 5.69 Å². The highest BCUT2D eigenvalue weighted by molar-refractivity contribution is 7.99. The highest BCUT2D eigenvalue weighted by Crippen LogP contribution is 2.32. The molecule has 0 aliphatic carbocycles. The molecule has 0 spiro atoms. The van der Waals surface area contributed by atoms with Gasteiger partial charge in [0, 0.05) is 17.3 Å². The molecular weight excluding hydrogens is 514 g/mol. The zero-order valence-electron chi connectivity index (χ0n) is 22.6. The third-order valence-electron chi connectivity index (χ3n) is 6.01. The van der Waals surface area contributed by atoms with E-state index in [1.165, 1.54) is 11.8 Å². The number of rotatable bonds is 10. The summed E-state index contributed by atoms with van der Waals surface area (Å²) in [5, 5.41) is 15.1. The van der Waals surface area contributed by atoms with E-state index in [1.54, 1.807) is 43.1 Å². The van der Waals surface area contributed by atoms with Crippen LogP contribution in [0.1, 0.15) is 32.9 Å². The van der Waals surface area contributed by atoms with Crippen LogP contribution in [-0.2, 0) is 11.3 Å². The molecule has 1 heterocycles. The van der Waals surface area contributed by atoms with Gasteiger partial charge in [-0.15, -0.1) is 10.2 Å². The van der Waals surface area contributed by atoms with Crippen LogP contribution >= 0.6 is 11.8 Å². The molecule has 2 N–H and O–H groups in total. The van der Waals surface area contributed by atoms with E-state index in [1.807, 2.05) is 57.2 Å². The standard InChI is InChI=1S/C29H31N5O4S/c1-18-7-6-8-21(13-18)28(36)30-16-26-32-33-29(34(26)24-15-22(37-4)11-12-25(24)38-5)39-17-27(35)31-23-14-19(2)9-10-20(23)3/h6-15H,16-17H2,1-5H3,(H,30,36)(H,31,35). The molecule has 0 aliphatic heterocycles. The fraction of sp³-hybridized carbons (Fsp3) is 0.241. The topological polar surface area (TPSA) is 107 Å². The van der Waals surface area contributed by atoms with Gasteiger partial charge in [-0.1, -0.05) is 41.6 Å². The van der Waals surface area contributed by atoms with Gasteiger partial charge in [0.25, 0.3) is 5.91 Å². The predicted octanol–water partition coefficient (Wildman–Crippen LogP) is 4.87. The molecule has 202 valence electrons. The fourth-order valence-electron chi connectivity index (χ4n) is 3.96. The lowest BCUT2D eigenvalue weighted by Gasteiger charge is -2.15. The van der Waals surface area contributed by atoms with Gasteiger partial charge in [-0.3, -0.25) is 14.2 Å². The summed E-state index contributed by atoms with van der Waals surface area (Å²) in [6.07, 6.45) is 0. The maximum Gasteiger partial charge on any atom is 0.251 e. The van der Waals surface area contributed by atoms with E-state index < -0.39 is 0 Å². The second-order valence-corrected chi connectivity index (χ2v) is 9.92. The second-order valence-electron chi connectivity index (χ2n) is 8.98. The average molecular weight is 546 g/mol. The summed E-state index contributed by atoms with van der Waals surface area (Å²) in [5.74, 6) is 1.34. The van der Waals surface area contributed by atoms with E-state index in [-0.39, 0.29) is 24.1 Å². The number of methoxy groups -OCH3 is 2. The van der Waals surface area contributed by atoms with Crippen LogP contribution in [0.15, 0.2) is 65.8 Å². The second kappa shape index (κ2) is 12.5. The smallest absolute Gasteiger partial charge is 0.251 e. The molecule has 0 fully saturated rings. The molecule has 39 heavy (non-hydrogen) atoms. The Hall–Kier alpha value is -4.31. The van der Waals surface area contributed by atoms with Crippen molar-refractivity contribution in [3.8, 4) is 17.2 Å². The molecule has 3 aromatic carbocycles. The van der Waals surface area contributed by atoms with Crippen LogP contribution in [0, 0.1) is 20.8 Å². The van der Waals surface area contributed by atoms with Crippen LogP contribution in [0.5, 0.6) is 11.5 Å². The molecule has 0 saturated carbocycles. The van der Waals surface area contributed by atoms with E-state index in [4.69, 9.17) is 9.47 Å². The number of ether oxygens (including phenoxy) is 2. The SMILES string of the molecule is COc1ccc(OC)c(-n2c(CNC(=O)c3cccc(C)c3)nnc2SCC(=O)Nc2cc(C)ccc2C)c1. The summed E-state index contributed by atoms with van der Waals surface area (Å²) < 4.78 is 12.8. The molecule has 4 aromatic rings. The Labute approximate surface area is 231 Å². The Morgan fingerprint density at radius 3 is 2.46 bits per heavy atom. The van der Waals surface area contributed by atoms with Crippen LogP contribution in [-0.4, -0.2) is 46.6 Å². The number of thioether (sulfide) groups is 1. The fourth-order valence-corrected chi connectivity index (χ4v) is 4.72. The summed E-state index contributed by atoms with van der Waals surface area (Å²) in [5.41, 5.74) is 4.98. The highest BCUT2D eigenvalue weighted by atomic mass is 32.2. The van der Waals surface area contributed by atoms with Crippen LogP contribution in [0.25, 0.3) is 5.69 Å². The number of carbonyl (C=O) groups excluding carboxylic acids is 2. The minimum Gasteiger partial charge on any atom is -0.497 e. The van der Waals surface area contributed by atoms with Gasteiger partial charge >= 0.3 is 0 Å². The number of amides is 2. The maximum absolute atomic E-state index is 12.8. The van der Waals surface area contributed by atoms with Gasteiger partial charge in [0.05, 0.1) is 32.2 Å². The number of hydrogen-bond donors (Lipinski definition) is 2. The van der Waals surface area contributed by atoms with E-state index in [0.717, 1.165) is 22.4 Å². The normalized spacial score (nSPS) is 10.7. The first-order valence-corrected chi connectivity index (χ1v) is 13.3. The van der Waals surface area contributed by atoms with Gasteiger partial charge in [0.1, 0.15) is 11.5 Å². The van der Waals surface area contributed by atoms with Crippen LogP contribution in [0.3, 0.4) is 0 Å². The van der Waals surface area contributed by atoms with E-state index in [2.05, 4.69) is 20.8 Å². The number of anilines is 1. The van der Waals surface area contributed by atoms with Crippen molar-refractivity contribution in [2.45, 2.75) is 32.5 Å². The Kier molecular flexibility index (Phi) is 8.88. The molecule has 0 aliphatic rings. The monoisotopic (exact) mass is 545 g/mol. The van der Waals surface area contributed by atoms with Gasteiger partial charge in [0.2, 0.25) is 5.91 Å². The zero-order valence-corrected chi connectivity index (χ0v) is 23.4. The molecule has 0 bridgehead atoms. The lowest BCUT2D eigenvalue weighted by atomic mass is 10.1. The first-order valence-electron chi connectivity index (χ1n) is 12.3. The number of benzene rings is 3. The van der Waals surface area contributed by atoms with Gasteiger partial charge < -0.3 is 20.1 Å². The van der Waals surface area contributed by atoms with Crippen LogP contribution < -0.4 is 20.1 Å². The van der Waals surface area contributed by atoms with Crippen molar-refractivity contribution >= 4 is 29.3 Å². The molecule has 0 radical (unpaired) electrons. The lowest BCUT2D eigenvalue weighted by Crippen LogP contribution is -2.24. The quantitative estimate of drug-likeness (QED) is 0.274. The number of aryl methyl sites for hydroxylation is 3. The molecule has 0 unspecified atom stereocenters. The number of nitrogens with zero attached hydrogens (tertiary/aromatic N) is 3. The van der Waals surface area contributed by atoms with Crippen molar-refractivity contribution in [1.29, 1.82) is 0 Å². The Morgan fingerprint density at radius 1 is 0.923 bits per heavy atom.